The SMILES string of the molecule is O=C(CCc1cccc(F)c1F)NC1CC(C(=O)O)C1. The number of rotatable bonds is 5. The Hall–Kier alpha value is -1.98. The Bertz CT molecular complexity index is 527. The maximum absolute atomic E-state index is 13.4. The molecule has 4 nitrogen and oxygen atoms in total. The highest BCUT2D eigenvalue weighted by atomic mass is 19.2. The summed E-state index contributed by atoms with van der Waals surface area (Å²) >= 11 is 0. The molecule has 0 aliphatic heterocycles. The van der Waals surface area contributed by atoms with Gasteiger partial charge in [0.2, 0.25) is 5.91 Å². The highest BCUT2D eigenvalue weighted by molar-refractivity contribution is 5.77. The zero-order valence-corrected chi connectivity index (χ0v) is 10.7. The van der Waals surface area contributed by atoms with Crippen LogP contribution in [0.1, 0.15) is 24.8 Å². The van der Waals surface area contributed by atoms with Gasteiger partial charge in [0.25, 0.3) is 0 Å². The molecule has 20 heavy (non-hydrogen) atoms. The van der Waals surface area contributed by atoms with Crippen molar-refractivity contribution in [3.63, 3.8) is 0 Å². The lowest BCUT2D eigenvalue weighted by Gasteiger charge is -2.32. The number of hydrogen-bond donors (Lipinski definition) is 2. The van der Waals surface area contributed by atoms with Gasteiger partial charge in [-0.05, 0) is 30.9 Å². The molecule has 0 bridgehead atoms. The summed E-state index contributed by atoms with van der Waals surface area (Å²) in [6.07, 6.45) is 1.02. The number of carbonyl (C=O) groups is 2. The van der Waals surface area contributed by atoms with E-state index in [1.807, 2.05) is 0 Å². The van der Waals surface area contributed by atoms with E-state index in [1.165, 1.54) is 12.1 Å². The van der Waals surface area contributed by atoms with Crippen molar-refractivity contribution in [2.45, 2.75) is 31.7 Å². The molecular weight excluding hydrogens is 268 g/mol. The van der Waals surface area contributed by atoms with Gasteiger partial charge in [-0.2, -0.15) is 0 Å². The second-order valence-corrected chi connectivity index (χ2v) is 4.98. The van der Waals surface area contributed by atoms with Gasteiger partial charge in [-0.15, -0.1) is 0 Å². The molecule has 0 heterocycles. The minimum Gasteiger partial charge on any atom is -0.481 e. The highest BCUT2D eigenvalue weighted by Crippen LogP contribution is 2.27. The third-order valence-corrected chi connectivity index (χ3v) is 3.51. The minimum atomic E-state index is -0.925. The number of carboxylic acid groups (broad SMARTS) is 1. The average Bonchev–Trinajstić information content (AvgIpc) is 2.34. The van der Waals surface area contributed by atoms with Gasteiger partial charge in [-0.3, -0.25) is 9.59 Å². The minimum absolute atomic E-state index is 0.0502. The Balaban J connectivity index is 1.76. The zero-order chi connectivity index (χ0) is 14.7. The van der Waals surface area contributed by atoms with Crippen molar-refractivity contribution in [3.8, 4) is 0 Å². The summed E-state index contributed by atoms with van der Waals surface area (Å²) in [5.41, 5.74) is 0.164. The zero-order valence-electron chi connectivity index (χ0n) is 10.7. The van der Waals surface area contributed by atoms with E-state index in [2.05, 4.69) is 5.32 Å². The van der Waals surface area contributed by atoms with Crippen LogP contribution in [0.3, 0.4) is 0 Å². The van der Waals surface area contributed by atoms with Crippen LogP contribution < -0.4 is 5.32 Å². The first-order chi connectivity index (χ1) is 9.47. The number of aliphatic carboxylic acids is 1. The average molecular weight is 283 g/mol. The fraction of sp³-hybridized carbons (Fsp3) is 0.429. The molecule has 0 saturated heterocycles. The Morgan fingerprint density at radius 2 is 2.00 bits per heavy atom. The number of aryl methyl sites for hydroxylation is 1. The number of benzene rings is 1. The molecule has 0 atom stereocenters. The fourth-order valence-electron chi connectivity index (χ4n) is 2.23. The van der Waals surface area contributed by atoms with Gasteiger partial charge in [0, 0.05) is 12.5 Å². The van der Waals surface area contributed by atoms with Gasteiger partial charge < -0.3 is 10.4 Å². The van der Waals surface area contributed by atoms with E-state index < -0.39 is 17.6 Å². The molecule has 0 aromatic heterocycles. The van der Waals surface area contributed by atoms with Crippen LogP contribution in [-0.2, 0) is 16.0 Å². The van der Waals surface area contributed by atoms with Crippen LogP contribution in [-0.4, -0.2) is 23.0 Å². The smallest absolute Gasteiger partial charge is 0.306 e. The highest BCUT2D eigenvalue weighted by Gasteiger charge is 2.35. The molecule has 1 aliphatic rings. The predicted octanol–water partition coefficient (Wildman–Crippen LogP) is 1.88. The molecule has 1 amide bonds. The van der Waals surface area contributed by atoms with Gasteiger partial charge in [-0.1, -0.05) is 12.1 Å². The van der Waals surface area contributed by atoms with E-state index in [0.29, 0.717) is 12.8 Å². The Morgan fingerprint density at radius 3 is 2.65 bits per heavy atom. The molecule has 0 unspecified atom stereocenters. The topological polar surface area (TPSA) is 66.4 Å². The largest absolute Gasteiger partial charge is 0.481 e. The number of carboxylic acids is 1. The molecule has 2 rings (SSSR count). The monoisotopic (exact) mass is 283 g/mol. The summed E-state index contributed by atoms with van der Waals surface area (Å²) < 4.78 is 26.3. The summed E-state index contributed by atoms with van der Waals surface area (Å²) in [6, 6.07) is 3.74. The van der Waals surface area contributed by atoms with Gasteiger partial charge in [0.1, 0.15) is 0 Å². The van der Waals surface area contributed by atoms with Crippen LogP contribution in [0.15, 0.2) is 18.2 Å². The fourth-order valence-corrected chi connectivity index (χ4v) is 2.23. The molecule has 6 heteroatoms. The second-order valence-electron chi connectivity index (χ2n) is 4.98. The van der Waals surface area contributed by atoms with Crippen molar-refractivity contribution in [1.82, 2.24) is 5.32 Å². The van der Waals surface area contributed by atoms with Crippen LogP contribution in [0.2, 0.25) is 0 Å². The summed E-state index contributed by atoms with van der Waals surface area (Å²) in [5.74, 6) is -3.36. The molecular formula is C14H15F2NO3. The lowest BCUT2D eigenvalue weighted by atomic mass is 9.80. The maximum Gasteiger partial charge on any atom is 0.306 e. The lowest BCUT2D eigenvalue weighted by molar-refractivity contribution is -0.146. The maximum atomic E-state index is 13.4. The molecule has 0 radical (unpaired) electrons. The Kier molecular flexibility index (Phi) is 4.32. The van der Waals surface area contributed by atoms with Gasteiger partial charge >= 0.3 is 5.97 Å². The second kappa shape index (κ2) is 5.98. The van der Waals surface area contributed by atoms with Crippen molar-refractivity contribution >= 4 is 11.9 Å². The van der Waals surface area contributed by atoms with Crippen molar-refractivity contribution in [2.24, 2.45) is 5.92 Å². The van der Waals surface area contributed by atoms with Crippen LogP contribution >= 0.6 is 0 Å². The molecule has 1 saturated carbocycles. The number of nitrogens with one attached hydrogen (secondary N) is 1. The van der Waals surface area contributed by atoms with E-state index in [-0.39, 0.29) is 36.3 Å². The third-order valence-electron chi connectivity index (χ3n) is 3.51. The summed E-state index contributed by atoms with van der Waals surface area (Å²) in [5, 5.41) is 11.4. The van der Waals surface area contributed by atoms with E-state index in [4.69, 9.17) is 5.11 Å². The van der Waals surface area contributed by atoms with Crippen molar-refractivity contribution in [1.29, 1.82) is 0 Å². The van der Waals surface area contributed by atoms with Crippen LogP contribution in [0.5, 0.6) is 0 Å². The molecule has 1 aromatic rings. The van der Waals surface area contributed by atoms with Gasteiger partial charge in [0.15, 0.2) is 11.6 Å². The first-order valence-corrected chi connectivity index (χ1v) is 6.42. The summed E-state index contributed by atoms with van der Waals surface area (Å²) in [6.45, 7) is 0. The molecule has 1 aliphatic carbocycles. The standard InChI is InChI=1S/C14H15F2NO3/c15-11-3-1-2-8(13(11)16)4-5-12(18)17-10-6-9(7-10)14(19)20/h1-3,9-10H,4-7H2,(H,17,18)(H,19,20). The first kappa shape index (κ1) is 14.4. The summed E-state index contributed by atoms with van der Waals surface area (Å²) in [4.78, 5) is 22.2. The van der Waals surface area contributed by atoms with E-state index in [9.17, 15) is 18.4 Å². The Morgan fingerprint density at radius 1 is 1.30 bits per heavy atom. The van der Waals surface area contributed by atoms with E-state index in [1.54, 1.807) is 0 Å². The molecule has 1 aromatic carbocycles. The molecule has 0 spiro atoms. The van der Waals surface area contributed by atoms with Crippen molar-refractivity contribution in [3.05, 3.63) is 35.4 Å². The Labute approximate surface area is 114 Å². The number of amides is 1. The lowest BCUT2D eigenvalue weighted by Crippen LogP contribution is -2.46. The third kappa shape index (κ3) is 3.31. The first-order valence-electron chi connectivity index (χ1n) is 6.42. The normalized spacial score (nSPS) is 21.1. The number of carbonyl (C=O) groups excluding carboxylic acids is 1. The van der Waals surface area contributed by atoms with Crippen molar-refractivity contribution < 1.29 is 23.5 Å². The number of halogens is 2. The van der Waals surface area contributed by atoms with Gasteiger partial charge in [-0.25, -0.2) is 8.78 Å². The number of hydrogen-bond acceptors (Lipinski definition) is 2. The molecule has 1 fully saturated rings. The van der Waals surface area contributed by atoms with E-state index in [0.717, 1.165) is 6.07 Å². The van der Waals surface area contributed by atoms with E-state index >= 15 is 0 Å². The van der Waals surface area contributed by atoms with Crippen LogP contribution in [0.4, 0.5) is 8.78 Å². The van der Waals surface area contributed by atoms with Crippen LogP contribution in [0.25, 0.3) is 0 Å². The summed E-state index contributed by atoms with van der Waals surface area (Å²) in [7, 11) is 0. The predicted molar refractivity (Wildman–Crippen MR) is 67.0 cm³/mol. The van der Waals surface area contributed by atoms with Crippen LogP contribution in [0, 0.1) is 17.6 Å². The molecule has 108 valence electrons. The van der Waals surface area contributed by atoms with Gasteiger partial charge in [0.05, 0.1) is 5.92 Å². The molecule has 2 N–H and O–H groups in total. The van der Waals surface area contributed by atoms with Crippen molar-refractivity contribution in [2.75, 3.05) is 0 Å². The quantitative estimate of drug-likeness (QED) is 0.867.